The van der Waals surface area contributed by atoms with Crippen molar-refractivity contribution in [2.24, 2.45) is 10.4 Å². The molecule has 0 unspecified atom stereocenters. The van der Waals surface area contributed by atoms with Crippen LogP contribution in [0.5, 0.6) is 0 Å². The molecular formula is C21H36N4O. The number of hydrogen-bond acceptors (Lipinski definition) is 3. The predicted octanol–water partition coefficient (Wildman–Crippen LogP) is 2.53. The Morgan fingerprint density at radius 3 is 2.58 bits per heavy atom. The minimum absolute atomic E-state index is 0.136. The first-order chi connectivity index (χ1) is 12.6. The summed E-state index contributed by atoms with van der Waals surface area (Å²) < 4.78 is 5.40. The highest BCUT2D eigenvalue weighted by atomic mass is 16.5. The Balaban J connectivity index is 1.75. The molecule has 0 aliphatic carbocycles. The molecule has 1 aliphatic rings. The minimum atomic E-state index is 0.136. The standard InChI is InChI=1S/C21H36N4O/c1-4-22-20(23-11-8-12-25-13-15-26-16-14-25)24-18-21(2,3)17-19-9-6-5-7-10-19/h5-7,9-10H,4,8,11-18H2,1-3H3,(H2,22,23,24). The second-order valence-electron chi connectivity index (χ2n) is 7.76. The van der Waals surface area contributed by atoms with E-state index in [0.717, 1.165) is 71.3 Å². The third kappa shape index (κ3) is 8.19. The summed E-state index contributed by atoms with van der Waals surface area (Å²) in [5.74, 6) is 0.926. The van der Waals surface area contributed by atoms with Gasteiger partial charge < -0.3 is 15.4 Å². The second-order valence-corrected chi connectivity index (χ2v) is 7.76. The van der Waals surface area contributed by atoms with Crippen LogP contribution in [-0.2, 0) is 11.2 Å². The van der Waals surface area contributed by atoms with Gasteiger partial charge in [0.2, 0.25) is 0 Å². The van der Waals surface area contributed by atoms with E-state index in [-0.39, 0.29) is 5.41 Å². The third-order valence-corrected chi connectivity index (χ3v) is 4.58. The Bertz CT molecular complexity index is 524. The molecule has 0 atom stereocenters. The van der Waals surface area contributed by atoms with Gasteiger partial charge in [-0.15, -0.1) is 0 Å². The van der Waals surface area contributed by atoms with Crippen molar-refractivity contribution in [2.45, 2.75) is 33.6 Å². The van der Waals surface area contributed by atoms with Crippen LogP contribution < -0.4 is 10.6 Å². The van der Waals surface area contributed by atoms with E-state index < -0.39 is 0 Å². The van der Waals surface area contributed by atoms with Crippen molar-refractivity contribution < 1.29 is 4.74 Å². The van der Waals surface area contributed by atoms with Crippen LogP contribution >= 0.6 is 0 Å². The molecule has 5 nitrogen and oxygen atoms in total. The molecule has 5 heteroatoms. The fraction of sp³-hybridized carbons (Fsp3) is 0.667. The number of nitrogens with one attached hydrogen (secondary N) is 2. The van der Waals surface area contributed by atoms with Gasteiger partial charge in [0.15, 0.2) is 5.96 Å². The monoisotopic (exact) mass is 360 g/mol. The number of rotatable bonds is 9. The van der Waals surface area contributed by atoms with Crippen LogP contribution in [0.1, 0.15) is 32.8 Å². The average Bonchev–Trinajstić information content (AvgIpc) is 2.64. The van der Waals surface area contributed by atoms with Crippen molar-refractivity contribution in [2.75, 3.05) is 52.5 Å². The molecule has 1 aromatic carbocycles. The molecule has 1 aliphatic heterocycles. The highest BCUT2D eigenvalue weighted by Crippen LogP contribution is 2.22. The maximum absolute atomic E-state index is 5.40. The molecule has 146 valence electrons. The quantitative estimate of drug-likeness (QED) is 0.404. The van der Waals surface area contributed by atoms with Gasteiger partial charge in [0.05, 0.1) is 13.2 Å². The highest BCUT2D eigenvalue weighted by Gasteiger charge is 2.18. The lowest BCUT2D eigenvalue weighted by atomic mass is 9.86. The van der Waals surface area contributed by atoms with Gasteiger partial charge in [-0.05, 0) is 37.3 Å². The Kier molecular flexibility index (Phi) is 8.92. The maximum atomic E-state index is 5.40. The number of aliphatic imine (C=N–C) groups is 1. The molecule has 2 rings (SSSR count). The van der Waals surface area contributed by atoms with Gasteiger partial charge in [-0.2, -0.15) is 0 Å². The molecule has 0 bridgehead atoms. The van der Waals surface area contributed by atoms with Gasteiger partial charge in [0.1, 0.15) is 0 Å². The Labute approximate surface area is 159 Å². The first-order valence-corrected chi connectivity index (χ1v) is 9.95. The lowest BCUT2D eigenvalue weighted by Crippen LogP contribution is -2.41. The Hall–Kier alpha value is -1.59. The van der Waals surface area contributed by atoms with Crippen LogP contribution in [0.3, 0.4) is 0 Å². The number of hydrogen-bond donors (Lipinski definition) is 2. The molecule has 2 N–H and O–H groups in total. The lowest BCUT2D eigenvalue weighted by molar-refractivity contribution is 0.0376. The van der Waals surface area contributed by atoms with Crippen LogP contribution in [0, 0.1) is 5.41 Å². The second kappa shape index (κ2) is 11.2. The van der Waals surface area contributed by atoms with E-state index in [2.05, 4.69) is 66.6 Å². The van der Waals surface area contributed by atoms with Crippen LogP contribution in [0.25, 0.3) is 0 Å². The Morgan fingerprint density at radius 1 is 1.15 bits per heavy atom. The molecule has 1 fully saturated rings. The van der Waals surface area contributed by atoms with E-state index in [9.17, 15) is 0 Å². The topological polar surface area (TPSA) is 48.9 Å². The summed E-state index contributed by atoms with van der Waals surface area (Å²) in [6, 6.07) is 10.7. The molecule has 1 aromatic rings. The minimum Gasteiger partial charge on any atom is -0.379 e. The van der Waals surface area contributed by atoms with E-state index in [0.29, 0.717) is 0 Å². The van der Waals surface area contributed by atoms with Gasteiger partial charge in [-0.3, -0.25) is 9.89 Å². The van der Waals surface area contributed by atoms with Crippen molar-refractivity contribution in [3.63, 3.8) is 0 Å². The van der Waals surface area contributed by atoms with E-state index in [1.807, 2.05) is 0 Å². The molecule has 0 spiro atoms. The van der Waals surface area contributed by atoms with Gasteiger partial charge >= 0.3 is 0 Å². The largest absolute Gasteiger partial charge is 0.379 e. The number of benzene rings is 1. The van der Waals surface area contributed by atoms with Crippen molar-refractivity contribution in [1.29, 1.82) is 0 Å². The SMILES string of the molecule is CCNC(=NCC(C)(C)Cc1ccccc1)NCCCN1CCOCC1. The normalized spacial score (nSPS) is 16.5. The number of nitrogens with zero attached hydrogens (tertiary/aromatic N) is 2. The van der Waals surface area contributed by atoms with Crippen LogP contribution in [0.15, 0.2) is 35.3 Å². The smallest absolute Gasteiger partial charge is 0.191 e. The molecular weight excluding hydrogens is 324 g/mol. The van der Waals surface area contributed by atoms with E-state index in [4.69, 9.17) is 9.73 Å². The average molecular weight is 361 g/mol. The zero-order valence-corrected chi connectivity index (χ0v) is 16.8. The summed E-state index contributed by atoms with van der Waals surface area (Å²) in [5.41, 5.74) is 1.51. The van der Waals surface area contributed by atoms with E-state index >= 15 is 0 Å². The summed E-state index contributed by atoms with van der Waals surface area (Å²) in [7, 11) is 0. The van der Waals surface area contributed by atoms with Crippen molar-refractivity contribution >= 4 is 5.96 Å². The summed E-state index contributed by atoms with van der Waals surface area (Å²) in [6.07, 6.45) is 2.16. The summed E-state index contributed by atoms with van der Waals surface area (Å²) in [4.78, 5) is 7.30. The first kappa shape index (κ1) is 20.7. The van der Waals surface area contributed by atoms with E-state index in [1.54, 1.807) is 0 Å². The molecule has 26 heavy (non-hydrogen) atoms. The third-order valence-electron chi connectivity index (χ3n) is 4.58. The summed E-state index contributed by atoms with van der Waals surface area (Å²) in [6.45, 7) is 14.3. The molecule has 0 saturated carbocycles. The van der Waals surface area contributed by atoms with Gasteiger partial charge in [-0.1, -0.05) is 44.2 Å². The number of ether oxygens (including phenoxy) is 1. The van der Waals surface area contributed by atoms with Crippen molar-refractivity contribution in [3.8, 4) is 0 Å². The summed E-state index contributed by atoms with van der Waals surface area (Å²) >= 11 is 0. The molecule has 0 radical (unpaired) electrons. The fourth-order valence-electron chi connectivity index (χ4n) is 3.17. The van der Waals surface area contributed by atoms with Crippen molar-refractivity contribution in [3.05, 3.63) is 35.9 Å². The van der Waals surface area contributed by atoms with Crippen molar-refractivity contribution in [1.82, 2.24) is 15.5 Å². The fourth-order valence-corrected chi connectivity index (χ4v) is 3.17. The highest BCUT2D eigenvalue weighted by molar-refractivity contribution is 5.79. The Morgan fingerprint density at radius 2 is 1.88 bits per heavy atom. The summed E-state index contributed by atoms with van der Waals surface area (Å²) in [5, 5.41) is 6.84. The van der Waals surface area contributed by atoms with Crippen LogP contribution in [0.4, 0.5) is 0 Å². The zero-order valence-electron chi connectivity index (χ0n) is 16.8. The van der Waals surface area contributed by atoms with E-state index in [1.165, 1.54) is 5.56 Å². The maximum Gasteiger partial charge on any atom is 0.191 e. The molecule has 0 aromatic heterocycles. The van der Waals surface area contributed by atoms with Gasteiger partial charge in [0, 0.05) is 32.7 Å². The number of morpholine rings is 1. The van der Waals surface area contributed by atoms with Gasteiger partial charge in [0.25, 0.3) is 0 Å². The van der Waals surface area contributed by atoms with Crippen LogP contribution in [-0.4, -0.2) is 63.3 Å². The zero-order chi connectivity index (χ0) is 18.7. The molecule has 1 saturated heterocycles. The molecule has 0 amide bonds. The first-order valence-electron chi connectivity index (χ1n) is 9.95. The lowest BCUT2D eigenvalue weighted by Gasteiger charge is -2.26. The molecule has 1 heterocycles. The van der Waals surface area contributed by atoms with Crippen LogP contribution in [0.2, 0.25) is 0 Å². The predicted molar refractivity (Wildman–Crippen MR) is 110 cm³/mol. The number of guanidine groups is 1. The van der Waals surface area contributed by atoms with Gasteiger partial charge in [-0.25, -0.2) is 0 Å².